The van der Waals surface area contributed by atoms with E-state index in [2.05, 4.69) is 33.9 Å². The Morgan fingerprint density at radius 1 is 0.900 bits per heavy atom. The van der Waals surface area contributed by atoms with E-state index in [1.165, 1.54) is 30.4 Å². The first-order valence-electron chi connectivity index (χ1n) is 16.8. The van der Waals surface area contributed by atoms with Gasteiger partial charge in [-0.15, -0.1) is 22.7 Å². The Morgan fingerprint density at radius 2 is 1.38 bits per heavy atom. The van der Waals surface area contributed by atoms with Crippen molar-refractivity contribution in [3.8, 4) is 0 Å². The number of hydrogen-bond donors (Lipinski definition) is 2. The number of rotatable bonds is 10. The molecule has 10 nitrogen and oxygen atoms in total. The smallest absolute Gasteiger partial charge is 0.417 e. The number of methoxy groups -OCH3 is 1. The lowest BCUT2D eigenvalue weighted by Crippen LogP contribution is -2.39. The van der Waals surface area contributed by atoms with E-state index in [0.717, 1.165) is 74.2 Å². The number of carbonyl (C=O) groups excluding carboxylic acids is 2. The third-order valence-electron chi connectivity index (χ3n) is 9.14. The summed E-state index contributed by atoms with van der Waals surface area (Å²) in [4.78, 5) is 43.6. The highest BCUT2D eigenvalue weighted by Gasteiger charge is 2.35. The molecular weight excluding hydrogens is 694 g/mol. The number of nitrogens with zero attached hydrogens (tertiary/aromatic N) is 2. The standard InChI is InChI=1S/C21H26F3N3O3S.C14H21NO3S/c1-4-27(14-5-7-30-8-6-14)20-13(3)16(11-31-20)18(28)25-10-15-17(21(22,23)24)9-12(2)26-19(15)29;1-4-15(11-5-7-18-8-6-11)13-10(2)12(9-19-13)14(16)17-3/h9,11,14H,4-8,10H2,1-3H3,(H,25,28)(H,26,29);9,11H,4-8H2,1-3H3. The summed E-state index contributed by atoms with van der Waals surface area (Å²) in [6.45, 7) is 13.7. The summed E-state index contributed by atoms with van der Waals surface area (Å²) in [5.41, 5.74) is 0.626. The molecule has 0 aromatic carbocycles. The fraction of sp³-hybridized carbons (Fsp3) is 0.571. The largest absolute Gasteiger partial charge is 0.465 e. The average Bonchev–Trinajstić information content (AvgIpc) is 3.67. The molecule has 2 fully saturated rings. The van der Waals surface area contributed by atoms with Gasteiger partial charge in [0.1, 0.15) is 0 Å². The molecule has 5 heterocycles. The lowest BCUT2D eigenvalue weighted by molar-refractivity contribution is -0.138. The van der Waals surface area contributed by atoms with Gasteiger partial charge in [-0.1, -0.05) is 0 Å². The number of halogens is 3. The molecule has 0 saturated carbocycles. The number of thiophene rings is 2. The normalized spacial score (nSPS) is 15.6. The molecular formula is C35H47F3N4O6S2. The minimum atomic E-state index is -4.68. The van der Waals surface area contributed by atoms with Crippen LogP contribution in [0.3, 0.4) is 0 Å². The summed E-state index contributed by atoms with van der Waals surface area (Å²) in [7, 11) is 1.43. The van der Waals surface area contributed by atoms with Gasteiger partial charge in [0.25, 0.3) is 11.5 Å². The first-order chi connectivity index (χ1) is 23.8. The van der Waals surface area contributed by atoms with E-state index in [-0.39, 0.29) is 11.7 Å². The minimum absolute atomic E-state index is 0.110. The summed E-state index contributed by atoms with van der Waals surface area (Å²) in [6, 6.07) is 1.72. The molecule has 2 saturated heterocycles. The van der Waals surface area contributed by atoms with Crippen molar-refractivity contribution < 1.29 is 37.0 Å². The summed E-state index contributed by atoms with van der Waals surface area (Å²) in [6.07, 6.45) is -0.764. The van der Waals surface area contributed by atoms with E-state index in [0.29, 0.717) is 36.4 Å². The molecule has 3 aromatic heterocycles. The Hall–Kier alpha value is -3.40. The number of amides is 1. The zero-order valence-electron chi connectivity index (χ0n) is 29.5. The molecule has 2 aliphatic heterocycles. The van der Waals surface area contributed by atoms with Gasteiger partial charge in [0.2, 0.25) is 0 Å². The van der Waals surface area contributed by atoms with Crippen LogP contribution >= 0.6 is 22.7 Å². The average molecular weight is 741 g/mol. The van der Waals surface area contributed by atoms with Gasteiger partial charge in [0.05, 0.1) is 33.8 Å². The van der Waals surface area contributed by atoms with Crippen LogP contribution < -0.4 is 20.7 Å². The summed E-state index contributed by atoms with van der Waals surface area (Å²) < 4.78 is 55.7. The molecule has 0 bridgehead atoms. The Morgan fingerprint density at radius 3 is 1.84 bits per heavy atom. The highest BCUT2D eigenvalue weighted by atomic mass is 32.1. The van der Waals surface area contributed by atoms with Gasteiger partial charge in [-0.25, -0.2) is 4.79 Å². The van der Waals surface area contributed by atoms with Crippen molar-refractivity contribution in [1.29, 1.82) is 0 Å². The zero-order valence-corrected chi connectivity index (χ0v) is 31.1. The van der Waals surface area contributed by atoms with E-state index in [1.807, 2.05) is 19.2 Å². The van der Waals surface area contributed by atoms with Crippen LogP contribution in [0.4, 0.5) is 23.2 Å². The van der Waals surface area contributed by atoms with Crippen LogP contribution in [0, 0.1) is 20.8 Å². The number of aryl methyl sites for hydroxylation is 1. The van der Waals surface area contributed by atoms with Gasteiger partial charge in [0.15, 0.2) is 0 Å². The number of ether oxygens (including phenoxy) is 3. The van der Waals surface area contributed by atoms with Crippen molar-refractivity contribution in [3.05, 3.63) is 66.3 Å². The highest BCUT2D eigenvalue weighted by Crippen LogP contribution is 2.36. The number of aromatic amines is 1. The van der Waals surface area contributed by atoms with Crippen LogP contribution in [0.1, 0.15) is 88.2 Å². The van der Waals surface area contributed by atoms with Crippen LogP contribution in [0.5, 0.6) is 0 Å². The number of aromatic nitrogens is 1. The predicted octanol–water partition coefficient (Wildman–Crippen LogP) is 6.86. The van der Waals surface area contributed by atoms with E-state index in [9.17, 15) is 27.6 Å². The SMILES string of the molecule is CCN(c1scc(C(=O)NCc2c(C(F)(F)F)cc(C)[nH]c2=O)c1C)C1CCOCC1.CCN(c1scc(C(=O)OC)c1C)C1CCOCC1. The van der Waals surface area contributed by atoms with Crippen LogP contribution in [-0.2, 0) is 26.9 Å². The Bertz CT molecular complexity index is 1660. The number of esters is 1. The molecule has 3 aromatic rings. The second-order valence-corrected chi connectivity index (χ2v) is 14.0. The van der Waals surface area contributed by atoms with Crippen molar-refractivity contribution in [1.82, 2.24) is 10.3 Å². The number of nitrogens with one attached hydrogen (secondary N) is 2. The van der Waals surface area contributed by atoms with Gasteiger partial charge >= 0.3 is 12.1 Å². The number of pyridine rings is 1. The first kappa shape index (κ1) is 39.4. The monoisotopic (exact) mass is 740 g/mol. The maximum atomic E-state index is 13.3. The number of alkyl halides is 3. The van der Waals surface area contributed by atoms with Crippen molar-refractivity contribution in [2.45, 2.75) is 85.1 Å². The van der Waals surface area contributed by atoms with Crippen LogP contribution in [0.2, 0.25) is 0 Å². The molecule has 15 heteroatoms. The quantitative estimate of drug-likeness (QED) is 0.217. The van der Waals surface area contributed by atoms with Gasteiger partial charge in [-0.2, -0.15) is 13.2 Å². The number of hydrogen-bond acceptors (Lipinski definition) is 10. The molecule has 0 aliphatic carbocycles. The van der Waals surface area contributed by atoms with Crippen molar-refractivity contribution >= 4 is 44.6 Å². The summed E-state index contributed by atoms with van der Waals surface area (Å²) in [5.74, 6) is -0.751. The van der Waals surface area contributed by atoms with Crippen molar-refractivity contribution in [3.63, 3.8) is 0 Å². The lowest BCUT2D eigenvalue weighted by atomic mass is 10.1. The summed E-state index contributed by atoms with van der Waals surface area (Å²) >= 11 is 3.07. The molecule has 50 heavy (non-hydrogen) atoms. The topological polar surface area (TPSA) is 113 Å². The van der Waals surface area contributed by atoms with Gasteiger partial charge < -0.3 is 34.3 Å². The van der Waals surface area contributed by atoms with Crippen LogP contribution in [-0.4, -0.2) is 75.6 Å². The molecule has 0 atom stereocenters. The third kappa shape index (κ3) is 9.28. The molecule has 0 spiro atoms. The third-order valence-corrected chi connectivity index (χ3v) is 11.4. The van der Waals surface area contributed by atoms with Crippen molar-refractivity contribution in [2.75, 3.05) is 56.4 Å². The molecule has 2 aliphatic rings. The highest BCUT2D eigenvalue weighted by molar-refractivity contribution is 7.15. The van der Waals surface area contributed by atoms with Gasteiger partial charge in [-0.05, 0) is 77.5 Å². The van der Waals surface area contributed by atoms with Crippen molar-refractivity contribution in [2.24, 2.45) is 0 Å². The van der Waals surface area contributed by atoms with Gasteiger partial charge in [-0.3, -0.25) is 9.59 Å². The van der Waals surface area contributed by atoms with Gasteiger partial charge in [0, 0.05) is 80.2 Å². The van der Waals surface area contributed by atoms with Crippen LogP contribution in [0.15, 0.2) is 21.6 Å². The molecule has 5 rings (SSSR count). The fourth-order valence-electron chi connectivity index (χ4n) is 6.45. The maximum absolute atomic E-state index is 13.3. The van der Waals surface area contributed by atoms with Crippen LogP contribution in [0.25, 0.3) is 0 Å². The zero-order chi connectivity index (χ0) is 36.6. The Balaban J connectivity index is 0.000000252. The molecule has 0 radical (unpaired) electrons. The van der Waals surface area contributed by atoms with E-state index < -0.39 is 35.3 Å². The Labute approximate surface area is 298 Å². The predicted molar refractivity (Wildman–Crippen MR) is 191 cm³/mol. The Kier molecular flexibility index (Phi) is 13.9. The molecule has 2 N–H and O–H groups in total. The summed E-state index contributed by atoms with van der Waals surface area (Å²) in [5, 5.41) is 8.27. The molecule has 0 unspecified atom stereocenters. The minimum Gasteiger partial charge on any atom is -0.465 e. The van der Waals surface area contributed by atoms with E-state index >= 15 is 0 Å². The van der Waals surface area contributed by atoms with E-state index in [1.54, 1.807) is 16.7 Å². The number of carbonyl (C=O) groups is 2. The van der Waals surface area contributed by atoms with E-state index in [4.69, 9.17) is 14.2 Å². The first-order valence-corrected chi connectivity index (χ1v) is 18.6. The maximum Gasteiger partial charge on any atom is 0.417 e. The number of anilines is 2. The number of H-pyrrole nitrogens is 1. The lowest BCUT2D eigenvalue weighted by Gasteiger charge is -2.34. The fourth-order valence-corrected chi connectivity index (χ4v) is 8.87. The molecule has 276 valence electrons. The second kappa shape index (κ2) is 17.7. The second-order valence-electron chi connectivity index (χ2n) is 12.3. The molecule has 1 amide bonds.